The van der Waals surface area contributed by atoms with E-state index in [4.69, 9.17) is 0 Å². The van der Waals surface area contributed by atoms with Crippen LogP contribution in [0.25, 0.3) is 0 Å². The molecule has 0 fully saturated rings. The van der Waals surface area contributed by atoms with E-state index < -0.39 is 0 Å². The van der Waals surface area contributed by atoms with Crippen LogP contribution >= 0.6 is 0 Å². The van der Waals surface area contributed by atoms with Crippen LogP contribution < -0.4 is 5.32 Å². The number of unbranched alkanes of at least 4 members (excludes halogenated alkanes) is 2. The van der Waals surface area contributed by atoms with Gasteiger partial charge in [-0.25, -0.2) is 4.98 Å². The van der Waals surface area contributed by atoms with Crippen molar-refractivity contribution < 1.29 is 0 Å². The first-order valence-corrected chi connectivity index (χ1v) is 5.53. The fourth-order valence-corrected chi connectivity index (χ4v) is 1.53. The zero-order chi connectivity index (χ0) is 10.2. The minimum atomic E-state index is 1.08. The van der Waals surface area contributed by atoms with Crippen LogP contribution in [0, 0.1) is 6.92 Å². The molecule has 0 aromatic carbocycles. The standard InChI is InChI=1S/C11H21N3/c1-3-12-7-5-4-6-9-14-10-8-13-11(14)2/h8,10,12H,3-7,9H2,1-2H3. The van der Waals surface area contributed by atoms with Crippen molar-refractivity contribution in [3.05, 3.63) is 18.2 Å². The normalized spacial score (nSPS) is 10.7. The summed E-state index contributed by atoms with van der Waals surface area (Å²) < 4.78 is 2.22. The molecule has 0 aliphatic carbocycles. The van der Waals surface area contributed by atoms with E-state index in [0.29, 0.717) is 0 Å². The molecule has 14 heavy (non-hydrogen) atoms. The van der Waals surface area contributed by atoms with Crippen molar-refractivity contribution in [2.45, 2.75) is 39.7 Å². The van der Waals surface area contributed by atoms with Gasteiger partial charge in [0.05, 0.1) is 0 Å². The number of nitrogens with one attached hydrogen (secondary N) is 1. The van der Waals surface area contributed by atoms with Gasteiger partial charge in [-0.1, -0.05) is 13.3 Å². The first kappa shape index (κ1) is 11.2. The minimum absolute atomic E-state index is 1.08. The highest BCUT2D eigenvalue weighted by Crippen LogP contribution is 2.01. The lowest BCUT2D eigenvalue weighted by Gasteiger charge is -2.04. The van der Waals surface area contributed by atoms with Gasteiger partial charge in [-0.3, -0.25) is 0 Å². The van der Waals surface area contributed by atoms with Crippen LogP contribution in [0.5, 0.6) is 0 Å². The molecule has 1 rings (SSSR count). The number of hydrogen-bond acceptors (Lipinski definition) is 2. The van der Waals surface area contributed by atoms with E-state index in [1.54, 1.807) is 0 Å². The molecule has 0 amide bonds. The van der Waals surface area contributed by atoms with Crippen LogP contribution in [-0.2, 0) is 6.54 Å². The lowest BCUT2D eigenvalue weighted by atomic mass is 10.2. The van der Waals surface area contributed by atoms with Crippen molar-refractivity contribution in [3.8, 4) is 0 Å². The van der Waals surface area contributed by atoms with Crippen LogP contribution in [0.15, 0.2) is 12.4 Å². The summed E-state index contributed by atoms with van der Waals surface area (Å²) in [6.45, 7) is 7.55. The zero-order valence-electron chi connectivity index (χ0n) is 9.29. The van der Waals surface area contributed by atoms with Gasteiger partial charge >= 0.3 is 0 Å². The summed E-state index contributed by atoms with van der Waals surface area (Å²) in [5.74, 6) is 1.12. The maximum atomic E-state index is 4.20. The summed E-state index contributed by atoms with van der Waals surface area (Å²) in [5, 5.41) is 3.33. The topological polar surface area (TPSA) is 29.9 Å². The molecule has 0 aliphatic rings. The van der Waals surface area contributed by atoms with Gasteiger partial charge in [-0.2, -0.15) is 0 Å². The molecule has 0 spiro atoms. The largest absolute Gasteiger partial charge is 0.335 e. The van der Waals surface area contributed by atoms with Gasteiger partial charge in [0.1, 0.15) is 5.82 Å². The highest BCUT2D eigenvalue weighted by atomic mass is 15.0. The number of aryl methyl sites for hydroxylation is 2. The second-order valence-corrected chi connectivity index (χ2v) is 3.58. The van der Waals surface area contributed by atoms with Crippen LogP contribution in [0.2, 0.25) is 0 Å². The molecule has 0 saturated carbocycles. The molecular weight excluding hydrogens is 174 g/mol. The Balaban J connectivity index is 2.02. The number of rotatable bonds is 7. The molecule has 3 heteroatoms. The van der Waals surface area contributed by atoms with Gasteiger partial charge in [0.25, 0.3) is 0 Å². The highest BCUT2D eigenvalue weighted by molar-refractivity contribution is 4.87. The average molecular weight is 195 g/mol. The summed E-state index contributed by atoms with van der Waals surface area (Å²) in [6, 6.07) is 0. The number of imidazole rings is 1. The monoisotopic (exact) mass is 195 g/mol. The molecule has 1 heterocycles. The summed E-state index contributed by atoms with van der Waals surface area (Å²) in [5.41, 5.74) is 0. The predicted octanol–water partition coefficient (Wildman–Crippen LogP) is 1.97. The molecule has 1 aromatic heterocycles. The summed E-state index contributed by atoms with van der Waals surface area (Å²) in [7, 11) is 0. The van der Waals surface area contributed by atoms with E-state index in [2.05, 4.69) is 34.9 Å². The summed E-state index contributed by atoms with van der Waals surface area (Å²) >= 11 is 0. The Labute approximate surface area is 86.5 Å². The predicted molar refractivity (Wildman–Crippen MR) is 59.4 cm³/mol. The number of aromatic nitrogens is 2. The van der Waals surface area contributed by atoms with Crippen LogP contribution in [-0.4, -0.2) is 22.6 Å². The molecule has 80 valence electrons. The third-order valence-electron chi connectivity index (χ3n) is 2.43. The molecule has 0 saturated heterocycles. The molecule has 3 nitrogen and oxygen atoms in total. The quantitative estimate of drug-likeness (QED) is 0.674. The third-order valence-corrected chi connectivity index (χ3v) is 2.43. The maximum Gasteiger partial charge on any atom is 0.105 e. The lowest BCUT2D eigenvalue weighted by Crippen LogP contribution is -2.13. The Morgan fingerprint density at radius 2 is 2.21 bits per heavy atom. The van der Waals surface area contributed by atoms with Crippen LogP contribution in [0.1, 0.15) is 32.0 Å². The SMILES string of the molecule is CCNCCCCCn1ccnc1C. The molecule has 1 N–H and O–H groups in total. The first-order chi connectivity index (χ1) is 6.84. The Kier molecular flexibility index (Phi) is 5.30. The van der Waals surface area contributed by atoms with Gasteiger partial charge in [0.15, 0.2) is 0 Å². The van der Waals surface area contributed by atoms with E-state index in [9.17, 15) is 0 Å². The Morgan fingerprint density at radius 3 is 2.86 bits per heavy atom. The van der Waals surface area contributed by atoms with Crippen molar-refractivity contribution in [3.63, 3.8) is 0 Å². The smallest absolute Gasteiger partial charge is 0.105 e. The average Bonchev–Trinajstić information content (AvgIpc) is 2.58. The summed E-state index contributed by atoms with van der Waals surface area (Å²) in [6.07, 6.45) is 7.75. The fraction of sp³-hybridized carbons (Fsp3) is 0.727. The second-order valence-electron chi connectivity index (χ2n) is 3.58. The van der Waals surface area contributed by atoms with Gasteiger partial charge < -0.3 is 9.88 Å². The molecule has 1 aromatic rings. The molecule has 0 atom stereocenters. The molecular formula is C11H21N3. The molecule has 0 radical (unpaired) electrons. The van der Waals surface area contributed by atoms with E-state index in [1.807, 2.05) is 6.20 Å². The fourth-order valence-electron chi connectivity index (χ4n) is 1.53. The molecule has 0 unspecified atom stereocenters. The Morgan fingerprint density at radius 1 is 1.36 bits per heavy atom. The first-order valence-electron chi connectivity index (χ1n) is 5.53. The van der Waals surface area contributed by atoms with Crippen molar-refractivity contribution >= 4 is 0 Å². The van der Waals surface area contributed by atoms with Crippen LogP contribution in [0.4, 0.5) is 0 Å². The van der Waals surface area contributed by atoms with Crippen LogP contribution in [0.3, 0.4) is 0 Å². The van der Waals surface area contributed by atoms with Crippen molar-refractivity contribution in [1.29, 1.82) is 0 Å². The van der Waals surface area contributed by atoms with Gasteiger partial charge in [0.2, 0.25) is 0 Å². The number of hydrogen-bond donors (Lipinski definition) is 1. The lowest BCUT2D eigenvalue weighted by molar-refractivity contribution is 0.558. The van der Waals surface area contributed by atoms with Crippen molar-refractivity contribution in [1.82, 2.24) is 14.9 Å². The minimum Gasteiger partial charge on any atom is -0.335 e. The number of nitrogens with zero attached hydrogens (tertiary/aromatic N) is 2. The summed E-state index contributed by atoms with van der Waals surface area (Å²) in [4.78, 5) is 4.20. The Bertz CT molecular complexity index is 242. The van der Waals surface area contributed by atoms with Crippen molar-refractivity contribution in [2.24, 2.45) is 0 Å². The van der Waals surface area contributed by atoms with E-state index in [-0.39, 0.29) is 0 Å². The zero-order valence-corrected chi connectivity index (χ0v) is 9.29. The Hall–Kier alpha value is -0.830. The third kappa shape index (κ3) is 3.92. The second kappa shape index (κ2) is 6.60. The highest BCUT2D eigenvalue weighted by Gasteiger charge is 1.95. The van der Waals surface area contributed by atoms with E-state index in [1.165, 1.54) is 19.3 Å². The molecule has 0 aliphatic heterocycles. The van der Waals surface area contributed by atoms with Gasteiger partial charge in [0, 0.05) is 18.9 Å². The van der Waals surface area contributed by atoms with Crippen molar-refractivity contribution in [2.75, 3.05) is 13.1 Å². The van der Waals surface area contributed by atoms with Gasteiger partial charge in [-0.05, 0) is 32.9 Å². The van der Waals surface area contributed by atoms with Gasteiger partial charge in [-0.15, -0.1) is 0 Å². The molecule has 0 bridgehead atoms. The van der Waals surface area contributed by atoms with E-state index >= 15 is 0 Å². The van der Waals surface area contributed by atoms with E-state index in [0.717, 1.165) is 25.5 Å². The maximum absolute atomic E-state index is 4.20.